The summed E-state index contributed by atoms with van der Waals surface area (Å²) >= 11 is 0. The quantitative estimate of drug-likeness (QED) is 0.293. The van der Waals surface area contributed by atoms with E-state index in [2.05, 4.69) is 22.4 Å². The molecule has 1 rings (SSSR count). The van der Waals surface area contributed by atoms with Crippen LogP contribution in [0.5, 0.6) is 0 Å². The molecule has 0 bridgehead atoms. The van der Waals surface area contributed by atoms with E-state index in [0.29, 0.717) is 6.42 Å². The monoisotopic (exact) mass is 256 g/mol. The Hall–Kier alpha value is -1.30. The molecule has 104 valence electrons. The first-order valence-corrected chi connectivity index (χ1v) is 6.41. The van der Waals surface area contributed by atoms with Gasteiger partial charge in [0.25, 0.3) is 0 Å². The number of nitrogens with zero attached hydrogens (tertiary/aromatic N) is 2. The maximum absolute atomic E-state index is 12.2. The molecule has 0 aromatic rings. The van der Waals surface area contributed by atoms with Gasteiger partial charge in [0.2, 0.25) is 5.91 Å². The van der Waals surface area contributed by atoms with Crippen LogP contribution in [0.4, 0.5) is 0 Å². The largest absolute Gasteiger partial charge is 0.409 e. The van der Waals surface area contributed by atoms with Gasteiger partial charge in [0.1, 0.15) is 5.41 Å². The van der Waals surface area contributed by atoms with Gasteiger partial charge < -0.3 is 21.2 Å². The normalized spacial score (nSPS) is 22.5. The van der Waals surface area contributed by atoms with Crippen LogP contribution < -0.4 is 11.1 Å². The molecule has 0 aromatic heterocycles. The molecule has 1 aliphatic rings. The lowest BCUT2D eigenvalue weighted by Crippen LogP contribution is -2.52. The zero-order valence-corrected chi connectivity index (χ0v) is 11.4. The third-order valence-electron chi connectivity index (χ3n) is 3.94. The van der Waals surface area contributed by atoms with Crippen LogP contribution >= 0.6 is 0 Å². The number of likely N-dealkylation sites (tertiary alicyclic amines) is 1. The third kappa shape index (κ3) is 3.13. The predicted molar refractivity (Wildman–Crippen MR) is 70.5 cm³/mol. The molecule has 6 nitrogen and oxygen atoms in total. The number of rotatable bonds is 4. The van der Waals surface area contributed by atoms with E-state index in [0.717, 1.165) is 25.9 Å². The number of hydrogen-bond acceptors (Lipinski definition) is 4. The van der Waals surface area contributed by atoms with E-state index in [1.807, 2.05) is 6.92 Å². The van der Waals surface area contributed by atoms with Gasteiger partial charge in [-0.15, -0.1) is 0 Å². The van der Waals surface area contributed by atoms with Crippen molar-refractivity contribution in [3.05, 3.63) is 0 Å². The molecule has 6 heteroatoms. The summed E-state index contributed by atoms with van der Waals surface area (Å²) < 4.78 is 0. The van der Waals surface area contributed by atoms with Gasteiger partial charge in [-0.3, -0.25) is 4.79 Å². The molecule has 1 amide bonds. The van der Waals surface area contributed by atoms with Crippen LogP contribution in [0.3, 0.4) is 0 Å². The average molecular weight is 256 g/mol. The zero-order valence-electron chi connectivity index (χ0n) is 11.4. The van der Waals surface area contributed by atoms with E-state index >= 15 is 0 Å². The highest BCUT2D eigenvalue weighted by Gasteiger charge is 2.37. The van der Waals surface area contributed by atoms with Crippen molar-refractivity contribution in [2.24, 2.45) is 16.3 Å². The molecule has 4 N–H and O–H groups in total. The van der Waals surface area contributed by atoms with Crippen molar-refractivity contribution in [2.75, 3.05) is 20.1 Å². The van der Waals surface area contributed by atoms with Gasteiger partial charge in [-0.1, -0.05) is 12.1 Å². The third-order valence-corrected chi connectivity index (χ3v) is 3.94. The van der Waals surface area contributed by atoms with Crippen LogP contribution in [0, 0.1) is 5.41 Å². The molecular weight excluding hydrogens is 232 g/mol. The minimum absolute atomic E-state index is 0.0320. The predicted octanol–water partition coefficient (Wildman–Crippen LogP) is 0.360. The molecule has 0 radical (unpaired) electrons. The van der Waals surface area contributed by atoms with E-state index in [1.165, 1.54) is 0 Å². The zero-order chi connectivity index (χ0) is 13.8. The number of nitrogens with two attached hydrogens (primary N) is 1. The molecule has 0 spiro atoms. The Bertz CT molecular complexity index is 324. The smallest absolute Gasteiger partial charge is 0.233 e. The van der Waals surface area contributed by atoms with Crippen molar-refractivity contribution >= 4 is 11.7 Å². The SMILES string of the molecule is CCC(C)(C(=O)NC1CCN(C)CC1)C(N)=NO. The highest BCUT2D eigenvalue weighted by atomic mass is 16.4. The van der Waals surface area contributed by atoms with Crippen molar-refractivity contribution in [1.82, 2.24) is 10.2 Å². The van der Waals surface area contributed by atoms with Crippen LogP contribution in [-0.2, 0) is 4.79 Å². The number of hydrogen-bond donors (Lipinski definition) is 3. The summed E-state index contributed by atoms with van der Waals surface area (Å²) in [6, 6.07) is 0.186. The lowest BCUT2D eigenvalue weighted by Gasteiger charge is -2.33. The number of carbonyl (C=O) groups is 1. The molecule has 1 saturated heterocycles. The molecule has 18 heavy (non-hydrogen) atoms. The van der Waals surface area contributed by atoms with E-state index in [4.69, 9.17) is 10.9 Å². The van der Waals surface area contributed by atoms with E-state index in [-0.39, 0.29) is 17.8 Å². The van der Waals surface area contributed by atoms with Crippen LogP contribution in [0.2, 0.25) is 0 Å². The maximum atomic E-state index is 12.2. The lowest BCUT2D eigenvalue weighted by atomic mass is 9.84. The molecular formula is C12H24N4O2. The first kappa shape index (κ1) is 14.8. The van der Waals surface area contributed by atoms with Crippen LogP contribution in [0.25, 0.3) is 0 Å². The van der Waals surface area contributed by atoms with Gasteiger partial charge >= 0.3 is 0 Å². The second kappa shape index (κ2) is 6.04. The van der Waals surface area contributed by atoms with Gasteiger partial charge in [0, 0.05) is 6.04 Å². The fraction of sp³-hybridized carbons (Fsp3) is 0.833. The highest BCUT2D eigenvalue weighted by molar-refractivity contribution is 6.06. The standard InChI is InChI=1S/C12H24N4O2/c1-4-12(2,10(13)15-18)11(17)14-9-5-7-16(3)8-6-9/h9,18H,4-8H2,1-3H3,(H2,13,15)(H,14,17). The van der Waals surface area contributed by atoms with E-state index in [1.54, 1.807) is 6.92 Å². The van der Waals surface area contributed by atoms with Crippen LogP contribution in [0.15, 0.2) is 5.16 Å². The summed E-state index contributed by atoms with van der Waals surface area (Å²) in [7, 11) is 2.07. The topological polar surface area (TPSA) is 91.0 Å². The number of amides is 1. The van der Waals surface area contributed by atoms with Crippen LogP contribution in [0.1, 0.15) is 33.1 Å². The maximum Gasteiger partial charge on any atom is 0.233 e. The minimum atomic E-state index is -0.932. The molecule has 1 aliphatic heterocycles. The van der Waals surface area contributed by atoms with Crippen molar-refractivity contribution in [3.8, 4) is 0 Å². The Labute approximate surface area is 108 Å². The Morgan fingerprint density at radius 2 is 2.11 bits per heavy atom. The molecule has 1 fully saturated rings. The number of oxime groups is 1. The first-order valence-electron chi connectivity index (χ1n) is 6.41. The van der Waals surface area contributed by atoms with Crippen molar-refractivity contribution < 1.29 is 10.0 Å². The molecule has 1 atom stereocenters. The fourth-order valence-electron chi connectivity index (χ4n) is 2.07. The average Bonchev–Trinajstić information content (AvgIpc) is 2.39. The lowest BCUT2D eigenvalue weighted by molar-refractivity contribution is -0.128. The van der Waals surface area contributed by atoms with Crippen molar-refractivity contribution in [2.45, 2.75) is 39.2 Å². The summed E-state index contributed by atoms with van der Waals surface area (Å²) in [6.07, 6.45) is 2.39. The summed E-state index contributed by atoms with van der Waals surface area (Å²) in [6.45, 7) is 5.52. The Morgan fingerprint density at radius 1 is 1.56 bits per heavy atom. The summed E-state index contributed by atoms with van der Waals surface area (Å²) in [5, 5.41) is 14.8. The minimum Gasteiger partial charge on any atom is -0.409 e. The van der Waals surface area contributed by atoms with Crippen LogP contribution in [-0.4, -0.2) is 48.0 Å². The fourth-order valence-corrected chi connectivity index (χ4v) is 2.07. The first-order chi connectivity index (χ1) is 8.43. The van der Waals surface area contributed by atoms with Gasteiger partial charge in [-0.25, -0.2) is 0 Å². The van der Waals surface area contributed by atoms with Gasteiger partial charge in [-0.05, 0) is 46.3 Å². The van der Waals surface area contributed by atoms with Crippen molar-refractivity contribution in [3.63, 3.8) is 0 Å². The second-order valence-electron chi connectivity index (χ2n) is 5.22. The molecule has 1 unspecified atom stereocenters. The van der Waals surface area contributed by atoms with E-state index < -0.39 is 5.41 Å². The second-order valence-corrected chi connectivity index (χ2v) is 5.22. The number of piperidine rings is 1. The number of amidine groups is 1. The molecule has 0 aromatic carbocycles. The van der Waals surface area contributed by atoms with Gasteiger partial charge in [-0.2, -0.15) is 0 Å². The highest BCUT2D eigenvalue weighted by Crippen LogP contribution is 2.22. The van der Waals surface area contributed by atoms with E-state index in [9.17, 15) is 4.79 Å². The van der Waals surface area contributed by atoms with Crippen molar-refractivity contribution in [1.29, 1.82) is 0 Å². The summed E-state index contributed by atoms with van der Waals surface area (Å²) in [5.41, 5.74) is 4.69. The summed E-state index contributed by atoms with van der Waals surface area (Å²) in [5.74, 6) is -0.190. The van der Waals surface area contributed by atoms with Gasteiger partial charge in [0.15, 0.2) is 5.84 Å². The van der Waals surface area contributed by atoms with Gasteiger partial charge in [0.05, 0.1) is 0 Å². The molecule has 0 aliphatic carbocycles. The number of carbonyl (C=O) groups excluding carboxylic acids is 1. The molecule has 1 heterocycles. The summed E-state index contributed by atoms with van der Waals surface area (Å²) in [4.78, 5) is 14.5. The molecule has 0 saturated carbocycles. The Kier molecular flexibility index (Phi) is 4.95. The Balaban J connectivity index is 2.63. The number of nitrogens with one attached hydrogen (secondary N) is 1. The Morgan fingerprint density at radius 3 is 2.56 bits per heavy atom.